The predicted octanol–water partition coefficient (Wildman–Crippen LogP) is 3.43. The zero-order valence-corrected chi connectivity index (χ0v) is 15.7. The lowest BCUT2D eigenvalue weighted by molar-refractivity contribution is -0.274. The van der Waals surface area contributed by atoms with Crippen LogP contribution in [0.4, 0.5) is 13.2 Å². The van der Waals surface area contributed by atoms with Crippen molar-refractivity contribution in [2.75, 3.05) is 13.1 Å². The van der Waals surface area contributed by atoms with Gasteiger partial charge in [0.2, 0.25) is 5.91 Å². The lowest BCUT2D eigenvalue weighted by Crippen LogP contribution is -2.30. The zero-order valence-electron chi connectivity index (χ0n) is 15.7. The van der Waals surface area contributed by atoms with Crippen LogP contribution in [-0.4, -0.2) is 44.8 Å². The Balaban J connectivity index is 1.40. The Morgan fingerprint density at radius 1 is 1.24 bits per heavy atom. The minimum atomic E-state index is -4.73. The Morgan fingerprint density at radius 3 is 2.69 bits per heavy atom. The van der Waals surface area contributed by atoms with E-state index < -0.39 is 6.36 Å². The van der Waals surface area contributed by atoms with E-state index in [0.29, 0.717) is 18.7 Å². The summed E-state index contributed by atoms with van der Waals surface area (Å²) >= 11 is 0. The van der Waals surface area contributed by atoms with Crippen LogP contribution in [0.15, 0.2) is 42.7 Å². The molecule has 1 fully saturated rings. The molecule has 1 aromatic carbocycles. The van der Waals surface area contributed by atoms with Gasteiger partial charge in [-0.3, -0.25) is 9.78 Å². The van der Waals surface area contributed by atoms with Gasteiger partial charge in [0.1, 0.15) is 11.6 Å². The van der Waals surface area contributed by atoms with Crippen molar-refractivity contribution in [3.8, 4) is 5.75 Å². The minimum absolute atomic E-state index is 0.0579. The van der Waals surface area contributed by atoms with Crippen LogP contribution >= 0.6 is 0 Å². The highest BCUT2D eigenvalue weighted by molar-refractivity contribution is 5.79. The van der Waals surface area contributed by atoms with Crippen molar-refractivity contribution >= 4 is 16.9 Å². The highest BCUT2D eigenvalue weighted by atomic mass is 19.4. The van der Waals surface area contributed by atoms with Crippen LogP contribution in [0, 0.1) is 0 Å². The topological polar surface area (TPSA) is 60.2 Å². The summed E-state index contributed by atoms with van der Waals surface area (Å²) in [4.78, 5) is 23.2. The molecule has 1 aliphatic rings. The quantitative estimate of drug-likeness (QED) is 0.669. The zero-order chi connectivity index (χ0) is 20.6. The number of ether oxygens (including phenoxy) is 1. The molecule has 1 amide bonds. The lowest BCUT2D eigenvalue weighted by Gasteiger charge is -2.17. The maximum absolute atomic E-state index is 12.6. The second kappa shape index (κ2) is 7.38. The minimum Gasteiger partial charge on any atom is -0.406 e. The van der Waals surface area contributed by atoms with Crippen LogP contribution in [-0.2, 0) is 18.3 Å². The van der Waals surface area contributed by atoms with E-state index >= 15 is 0 Å². The second-order valence-corrected chi connectivity index (χ2v) is 7.09. The van der Waals surface area contributed by atoms with Crippen LogP contribution in [0.25, 0.3) is 11.0 Å². The van der Waals surface area contributed by atoms with Crippen molar-refractivity contribution in [1.82, 2.24) is 19.4 Å². The largest absolute Gasteiger partial charge is 0.573 e. The summed E-state index contributed by atoms with van der Waals surface area (Å²) in [5.41, 5.74) is 2.47. The molecule has 2 aromatic heterocycles. The number of fused-ring (bicyclic) bond motifs is 1. The Morgan fingerprint density at radius 2 is 2.00 bits per heavy atom. The van der Waals surface area contributed by atoms with Gasteiger partial charge in [-0.2, -0.15) is 0 Å². The van der Waals surface area contributed by atoms with E-state index in [1.54, 1.807) is 17.3 Å². The molecular weight excluding hydrogens is 385 g/mol. The van der Waals surface area contributed by atoms with E-state index in [-0.39, 0.29) is 24.0 Å². The maximum Gasteiger partial charge on any atom is 0.573 e. The van der Waals surface area contributed by atoms with Gasteiger partial charge in [0.25, 0.3) is 0 Å². The van der Waals surface area contributed by atoms with E-state index in [0.717, 1.165) is 23.3 Å². The molecule has 0 aliphatic carbocycles. The molecule has 4 rings (SSSR count). The molecule has 6 nitrogen and oxygen atoms in total. The molecule has 152 valence electrons. The number of alkyl halides is 3. The summed E-state index contributed by atoms with van der Waals surface area (Å²) in [7, 11) is 1.95. The van der Waals surface area contributed by atoms with Gasteiger partial charge in [-0.05, 0) is 30.2 Å². The van der Waals surface area contributed by atoms with Crippen molar-refractivity contribution in [3.63, 3.8) is 0 Å². The van der Waals surface area contributed by atoms with Gasteiger partial charge in [0.05, 0.1) is 23.7 Å². The number of carbonyl (C=O) groups excluding carboxylic acids is 1. The normalized spacial score (nSPS) is 17.1. The predicted molar refractivity (Wildman–Crippen MR) is 99.3 cm³/mol. The van der Waals surface area contributed by atoms with Crippen LogP contribution in [0.5, 0.6) is 5.75 Å². The molecule has 0 bridgehead atoms. The first-order valence-electron chi connectivity index (χ1n) is 9.19. The summed E-state index contributed by atoms with van der Waals surface area (Å²) in [6, 6.07) is 7.26. The summed E-state index contributed by atoms with van der Waals surface area (Å²) in [6.07, 6.45) is -0.307. The van der Waals surface area contributed by atoms with Gasteiger partial charge in [0, 0.05) is 32.3 Å². The third kappa shape index (κ3) is 4.18. The molecule has 1 saturated heterocycles. The summed E-state index contributed by atoms with van der Waals surface area (Å²) < 4.78 is 42.6. The Hall–Kier alpha value is -3.10. The Kier molecular flexibility index (Phi) is 4.89. The number of hydrogen-bond donors (Lipinski definition) is 0. The number of amides is 1. The molecule has 3 heterocycles. The third-order valence-corrected chi connectivity index (χ3v) is 5.14. The molecule has 1 atom stereocenters. The first kappa shape index (κ1) is 19.2. The van der Waals surface area contributed by atoms with Gasteiger partial charge in [-0.1, -0.05) is 12.1 Å². The monoisotopic (exact) mass is 404 g/mol. The number of pyridine rings is 1. The fourth-order valence-electron chi connectivity index (χ4n) is 3.71. The molecule has 0 spiro atoms. The van der Waals surface area contributed by atoms with Gasteiger partial charge >= 0.3 is 6.36 Å². The number of nitrogens with zero attached hydrogens (tertiary/aromatic N) is 4. The molecule has 0 saturated carbocycles. The average molecular weight is 404 g/mol. The molecule has 29 heavy (non-hydrogen) atoms. The number of imidazole rings is 1. The maximum atomic E-state index is 12.6. The van der Waals surface area contributed by atoms with Crippen molar-refractivity contribution in [1.29, 1.82) is 0 Å². The van der Waals surface area contributed by atoms with Gasteiger partial charge in [-0.15, -0.1) is 13.2 Å². The third-order valence-electron chi connectivity index (χ3n) is 5.14. The number of hydrogen-bond acceptors (Lipinski definition) is 4. The molecule has 0 unspecified atom stereocenters. The molecule has 1 aliphatic heterocycles. The van der Waals surface area contributed by atoms with Gasteiger partial charge in [0.15, 0.2) is 0 Å². The fourth-order valence-corrected chi connectivity index (χ4v) is 3.71. The Labute approximate surface area is 164 Å². The number of rotatable bonds is 4. The fraction of sp³-hybridized carbons (Fsp3) is 0.350. The SMILES string of the molecule is Cn1c([C@@H]2CCN(C(=O)Cc3ccc(OC(F)(F)F)cc3)C2)nc2ccncc21. The van der Waals surface area contributed by atoms with E-state index in [2.05, 4.69) is 9.72 Å². The second-order valence-electron chi connectivity index (χ2n) is 7.09. The molecular formula is C20H19F3N4O2. The number of carbonyl (C=O) groups is 1. The van der Waals surface area contributed by atoms with Gasteiger partial charge in [-0.25, -0.2) is 4.98 Å². The first-order valence-corrected chi connectivity index (χ1v) is 9.19. The summed E-state index contributed by atoms with van der Waals surface area (Å²) in [6.45, 7) is 1.19. The van der Waals surface area contributed by atoms with E-state index in [1.165, 1.54) is 24.3 Å². The van der Waals surface area contributed by atoms with Crippen molar-refractivity contribution in [2.24, 2.45) is 7.05 Å². The lowest BCUT2D eigenvalue weighted by atomic mass is 10.1. The number of benzene rings is 1. The molecule has 0 radical (unpaired) electrons. The van der Waals surface area contributed by atoms with Crippen molar-refractivity contribution < 1.29 is 22.7 Å². The van der Waals surface area contributed by atoms with Crippen molar-refractivity contribution in [3.05, 3.63) is 54.1 Å². The molecule has 3 aromatic rings. The van der Waals surface area contributed by atoms with E-state index in [4.69, 9.17) is 4.98 Å². The number of likely N-dealkylation sites (tertiary alicyclic amines) is 1. The highest BCUT2D eigenvalue weighted by Gasteiger charge is 2.32. The van der Waals surface area contributed by atoms with E-state index in [1.807, 2.05) is 17.7 Å². The van der Waals surface area contributed by atoms with Crippen molar-refractivity contribution in [2.45, 2.75) is 25.1 Å². The van der Waals surface area contributed by atoms with Crippen LogP contribution < -0.4 is 4.74 Å². The highest BCUT2D eigenvalue weighted by Crippen LogP contribution is 2.29. The number of aromatic nitrogens is 3. The summed E-state index contributed by atoms with van der Waals surface area (Å²) in [5.74, 6) is 0.708. The van der Waals surface area contributed by atoms with Crippen LogP contribution in [0.2, 0.25) is 0 Å². The standard InChI is InChI=1S/C20H19F3N4O2/c1-26-17-11-24-8-6-16(17)25-19(26)14-7-9-27(12-14)18(28)10-13-2-4-15(5-3-13)29-20(21,22)23/h2-6,8,11,14H,7,9-10,12H2,1H3/t14-/m1/s1. The average Bonchev–Trinajstić information content (AvgIpc) is 3.28. The van der Waals surface area contributed by atoms with Crippen LogP contribution in [0.1, 0.15) is 23.7 Å². The Bertz CT molecular complexity index is 1030. The number of halogens is 3. The van der Waals surface area contributed by atoms with E-state index in [9.17, 15) is 18.0 Å². The van der Waals surface area contributed by atoms with Crippen LogP contribution in [0.3, 0.4) is 0 Å². The molecule has 0 N–H and O–H groups in total. The smallest absolute Gasteiger partial charge is 0.406 e. The van der Waals surface area contributed by atoms with Gasteiger partial charge < -0.3 is 14.2 Å². The molecule has 9 heteroatoms. The number of aryl methyl sites for hydroxylation is 1. The first-order chi connectivity index (χ1) is 13.8. The summed E-state index contributed by atoms with van der Waals surface area (Å²) in [5, 5.41) is 0.